The van der Waals surface area contributed by atoms with E-state index in [9.17, 15) is 18.0 Å². The van der Waals surface area contributed by atoms with Crippen LogP contribution in [0.1, 0.15) is 25.3 Å². The van der Waals surface area contributed by atoms with Gasteiger partial charge in [-0.05, 0) is 40.0 Å². The van der Waals surface area contributed by atoms with Crippen LogP contribution in [0.3, 0.4) is 0 Å². The zero-order chi connectivity index (χ0) is 24.6. The first-order chi connectivity index (χ1) is 15.6. The average Bonchev–Trinajstić information content (AvgIpc) is 2.76. The maximum absolute atomic E-state index is 13.4. The molecule has 0 aromatic heterocycles. The number of carbonyl (C=O) groups excluding carboxylic acids is 2. The van der Waals surface area contributed by atoms with Crippen molar-refractivity contribution in [2.75, 3.05) is 0 Å². The molecule has 2 amide bonds. The Hall–Kier alpha value is -3.12. The van der Waals surface area contributed by atoms with Gasteiger partial charge in [-0.15, -0.1) is 5.10 Å². The summed E-state index contributed by atoms with van der Waals surface area (Å²) in [6, 6.07) is 12.7. The summed E-state index contributed by atoms with van der Waals surface area (Å²) in [5, 5.41) is 6.32. The summed E-state index contributed by atoms with van der Waals surface area (Å²) in [5.41, 5.74) is 17.3. The van der Waals surface area contributed by atoms with E-state index >= 15 is 0 Å². The van der Waals surface area contributed by atoms with E-state index in [-0.39, 0.29) is 22.2 Å². The van der Waals surface area contributed by atoms with E-state index in [1.54, 1.807) is 43.3 Å². The smallest absolute Gasteiger partial charge is 0.280 e. The van der Waals surface area contributed by atoms with Gasteiger partial charge in [-0.25, -0.2) is 0 Å². The minimum absolute atomic E-state index is 0.0864. The van der Waals surface area contributed by atoms with Crippen molar-refractivity contribution in [3.05, 3.63) is 64.6 Å². The summed E-state index contributed by atoms with van der Waals surface area (Å²) in [6.07, 6.45) is 0.656. The second kappa shape index (κ2) is 11.7. The molecule has 2 aromatic carbocycles. The quantitative estimate of drug-likeness (QED) is 0.188. The van der Waals surface area contributed by atoms with E-state index < -0.39 is 39.9 Å². The van der Waals surface area contributed by atoms with Crippen LogP contribution in [0.15, 0.2) is 69.1 Å². The fourth-order valence-corrected chi connectivity index (χ4v) is 5.52. The number of primary amides is 1. The highest BCUT2D eigenvalue weighted by Gasteiger charge is 2.37. The molecule has 0 aliphatic rings. The van der Waals surface area contributed by atoms with Gasteiger partial charge in [0.25, 0.3) is 10.0 Å². The molecule has 0 spiro atoms. The van der Waals surface area contributed by atoms with Gasteiger partial charge < -0.3 is 22.5 Å². The van der Waals surface area contributed by atoms with Crippen molar-refractivity contribution >= 4 is 43.7 Å². The fraction of sp³-hybridized carbons (Fsp3) is 0.286. The Balaban J connectivity index is 2.43. The zero-order valence-electron chi connectivity index (χ0n) is 18.0. The Labute approximate surface area is 201 Å². The molecule has 178 valence electrons. The minimum atomic E-state index is -4.35. The lowest BCUT2D eigenvalue weighted by atomic mass is 10.0. The van der Waals surface area contributed by atoms with Crippen LogP contribution >= 0.6 is 15.9 Å². The van der Waals surface area contributed by atoms with E-state index in [4.69, 9.17) is 17.2 Å². The molecule has 12 heteroatoms. The number of hydrazone groups is 1. The SMILES string of the molecule is CCC[C@@H](C(=O)N[C@@H](Cc1ccccc1)C(N)=O)N(N=C(N)N)S(=O)(=O)c1ccccc1Br. The number of nitrogens with one attached hydrogen (secondary N) is 1. The Morgan fingerprint density at radius 3 is 2.21 bits per heavy atom. The average molecular weight is 539 g/mol. The van der Waals surface area contributed by atoms with E-state index in [2.05, 4.69) is 26.3 Å². The van der Waals surface area contributed by atoms with E-state index in [1.807, 2.05) is 6.07 Å². The molecule has 2 atom stereocenters. The Morgan fingerprint density at radius 1 is 1.06 bits per heavy atom. The van der Waals surface area contributed by atoms with Crippen molar-refractivity contribution in [2.24, 2.45) is 22.3 Å². The standard InChI is InChI=1S/C21H27BrN6O4S/c1-2-8-17(20(30)26-16(19(23)29)13-14-9-4-3-5-10-14)28(27-21(24)25)33(31,32)18-12-7-6-11-15(18)22/h3-7,9-12,16-17H,2,8,13H2,1H3,(H2,23,29)(H,26,30)(H4,24,25,27)/t16-,17-/m0/s1. The first kappa shape index (κ1) is 26.1. The molecule has 33 heavy (non-hydrogen) atoms. The van der Waals surface area contributed by atoms with Gasteiger partial charge in [0.1, 0.15) is 17.0 Å². The lowest BCUT2D eigenvalue weighted by molar-refractivity contribution is -0.130. The lowest BCUT2D eigenvalue weighted by Crippen LogP contribution is -2.54. The minimum Gasteiger partial charge on any atom is -0.369 e. The third kappa shape index (κ3) is 6.93. The Bertz CT molecular complexity index is 1110. The number of nitrogens with two attached hydrogens (primary N) is 3. The fourth-order valence-electron chi connectivity index (χ4n) is 3.12. The number of guanidine groups is 1. The molecule has 2 rings (SSSR count). The maximum Gasteiger partial charge on any atom is 0.280 e. The number of rotatable bonds is 11. The number of hydrogen-bond acceptors (Lipinski definition) is 5. The zero-order valence-corrected chi connectivity index (χ0v) is 20.4. The van der Waals surface area contributed by atoms with Gasteiger partial charge >= 0.3 is 0 Å². The third-order valence-corrected chi connectivity index (χ3v) is 7.34. The molecule has 0 bridgehead atoms. The van der Waals surface area contributed by atoms with Crippen molar-refractivity contribution in [3.8, 4) is 0 Å². The molecule has 0 fully saturated rings. The normalized spacial score (nSPS) is 12.9. The van der Waals surface area contributed by atoms with Gasteiger partial charge in [0.05, 0.1) is 0 Å². The molecule has 2 aromatic rings. The van der Waals surface area contributed by atoms with E-state index in [0.717, 1.165) is 5.56 Å². The van der Waals surface area contributed by atoms with Crippen LogP contribution in [0.4, 0.5) is 0 Å². The molecule has 0 radical (unpaired) electrons. The second-order valence-electron chi connectivity index (χ2n) is 7.19. The molecule has 10 nitrogen and oxygen atoms in total. The molecule has 0 heterocycles. The number of hydrogen-bond donors (Lipinski definition) is 4. The Morgan fingerprint density at radius 2 is 1.67 bits per heavy atom. The van der Waals surface area contributed by atoms with Crippen molar-refractivity contribution in [1.82, 2.24) is 9.73 Å². The number of carbonyl (C=O) groups is 2. The monoisotopic (exact) mass is 538 g/mol. The van der Waals surface area contributed by atoms with Crippen LogP contribution in [0, 0.1) is 0 Å². The van der Waals surface area contributed by atoms with Crippen LogP contribution in [-0.2, 0) is 26.0 Å². The number of halogens is 1. The van der Waals surface area contributed by atoms with Gasteiger partial charge in [-0.1, -0.05) is 55.8 Å². The molecular formula is C21H27BrN6O4S. The summed E-state index contributed by atoms with van der Waals surface area (Å²) in [4.78, 5) is 25.1. The Kier molecular flexibility index (Phi) is 9.23. The van der Waals surface area contributed by atoms with Crippen LogP contribution in [0.5, 0.6) is 0 Å². The predicted octanol–water partition coefficient (Wildman–Crippen LogP) is 1.01. The largest absolute Gasteiger partial charge is 0.369 e. The highest BCUT2D eigenvalue weighted by Crippen LogP contribution is 2.27. The molecule has 0 saturated heterocycles. The molecule has 0 aliphatic carbocycles. The summed E-state index contributed by atoms with van der Waals surface area (Å²) in [6.45, 7) is 1.77. The van der Waals surface area contributed by atoms with Crippen LogP contribution in [0.25, 0.3) is 0 Å². The number of nitrogens with zero attached hydrogens (tertiary/aromatic N) is 2. The highest BCUT2D eigenvalue weighted by atomic mass is 79.9. The first-order valence-corrected chi connectivity index (χ1v) is 12.3. The topological polar surface area (TPSA) is 174 Å². The van der Waals surface area contributed by atoms with Crippen LogP contribution < -0.4 is 22.5 Å². The number of benzene rings is 2. The second-order valence-corrected chi connectivity index (χ2v) is 9.81. The first-order valence-electron chi connectivity index (χ1n) is 10.1. The molecule has 0 saturated carbocycles. The summed E-state index contributed by atoms with van der Waals surface area (Å²) >= 11 is 3.21. The number of amides is 2. The maximum atomic E-state index is 13.4. The van der Waals surface area contributed by atoms with Crippen molar-refractivity contribution in [2.45, 2.75) is 43.2 Å². The van der Waals surface area contributed by atoms with E-state index in [1.165, 1.54) is 12.1 Å². The predicted molar refractivity (Wildman–Crippen MR) is 129 cm³/mol. The van der Waals surface area contributed by atoms with Gasteiger partial charge in [-0.2, -0.15) is 12.8 Å². The lowest BCUT2D eigenvalue weighted by Gasteiger charge is -2.29. The van der Waals surface area contributed by atoms with E-state index in [0.29, 0.717) is 10.8 Å². The molecule has 7 N–H and O–H groups in total. The van der Waals surface area contributed by atoms with Gasteiger partial charge in [0.15, 0.2) is 0 Å². The van der Waals surface area contributed by atoms with Gasteiger partial charge in [0, 0.05) is 10.9 Å². The van der Waals surface area contributed by atoms with Crippen LogP contribution in [-0.4, -0.2) is 42.7 Å². The summed E-state index contributed by atoms with van der Waals surface area (Å²) < 4.78 is 27.7. The van der Waals surface area contributed by atoms with Crippen molar-refractivity contribution in [1.29, 1.82) is 0 Å². The molecular weight excluding hydrogens is 512 g/mol. The van der Waals surface area contributed by atoms with Gasteiger partial charge in [-0.3, -0.25) is 9.59 Å². The summed E-state index contributed by atoms with van der Waals surface area (Å²) in [5.74, 6) is -2.06. The molecule has 0 aliphatic heterocycles. The molecule has 0 unspecified atom stereocenters. The number of sulfonamides is 1. The van der Waals surface area contributed by atoms with Crippen LogP contribution in [0.2, 0.25) is 0 Å². The highest BCUT2D eigenvalue weighted by molar-refractivity contribution is 9.10. The van der Waals surface area contributed by atoms with Gasteiger partial charge in [0.2, 0.25) is 17.8 Å². The third-order valence-electron chi connectivity index (χ3n) is 4.65. The summed E-state index contributed by atoms with van der Waals surface area (Å²) in [7, 11) is -4.35. The van der Waals surface area contributed by atoms with Crippen molar-refractivity contribution < 1.29 is 18.0 Å². The van der Waals surface area contributed by atoms with Crippen molar-refractivity contribution in [3.63, 3.8) is 0 Å².